The summed E-state index contributed by atoms with van der Waals surface area (Å²) in [6, 6.07) is 20.2. The van der Waals surface area contributed by atoms with Crippen molar-refractivity contribution in [1.29, 1.82) is 0 Å². The molecule has 2 amide bonds. The van der Waals surface area contributed by atoms with Crippen molar-refractivity contribution in [3.05, 3.63) is 88.4 Å². The molecule has 3 aromatic carbocycles. The topological polar surface area (TPSA) is 86.8 Å². The van der Waals surface area contributed by atoms with Crippen molar-refractivity contribution in [2.45, 2.75) is 62.5 Å². The Labute approximate surface area is 250 Å². The summed E-state index contributed by atoms with van der Waals surface area (Å²) in [5, 5.41) is 2.94. The molecule has 0 saturated heterocycles. The van der Waals surface area contributed by atoms with Crippen molar-refractivity contribution in [1.82, 2.24) is 10.2 Å². The van der Waals surface area contributed by atoms with Gasteiger partial charge in [-0.15, -0.1) is 11.8 Å². The molecule has 0 radical (unpaired) electrons. The number of amides is 2. The van der Waals surface area contributed by atoms with Gasteiger partial charge >= 0.3 is 0 Å². The van der Waals surface area contributed by atoms with Crippen molar-refractivity contribution in [3.63, 3.8) is 0 Å². The average Bonchev–Trinajstić information content (AvgIpc) is 2.95. The molecule has 0 aliphatic carbocycles. The summed E-state index contributed by atoms with van der Waals surface area (Å²) in [5.41, 5.74) is 2.15. The molecule has 0 bridgehead atoms. The Hall–Kier alpha value is -2.82. The molecule has 0 spiro atoms. The summed E-state index contributed by atoms with van der Waals surface area (Å²) < 4.78 is 29.9. The third kappa shape index (κ3) is 8.11. The largest absolute Gasteiger partial charge is 0.352 e. The number of benzene rings is 3. The third-order valence-electron chi connectivity index (χ3n) is 6.68. The highest BCUT2D eigenvalue weighted by Gasteiger charge is 2.32. The average molecular weight is 647 g/mol. The first-order valence-electron chi connectivity index (χ1n) is 13.0. The fourth-order valence-corrected chi connectivity index (χ4v) is 6.04. The van der Waals surface area contributed by atoms with E-state index in [1.807, 2.05) is 51.3 Å². The molecule has 0 aliphatic heterocycles. The minimum Gasteiger partial charge on any atom is -0.352 e. The van der Waals surface area contributed by atoms with Crippen LogP contribution < -0.4 is 9.62 Å². The van der Waals surface area contributed by atoms with E-state index in [0.717, 1.165) is 31.2 Å². The third-order valence-corrected chi connectivity index (χ3v) is 9.74. The van der Waals surface area contributed by atoms with Gasteiger partial charge in [0.05, 0.1) is 10.6 Å². The smallest absolute Gasteiger partial charge is 0.264 e. The molecule has 0 heterocycles. The van der Waals surface area contributed by atoms with E-state index in [2.05, 4.69) is 21.2 Å². The number of hydrogen-bond donors (Lipinski definition) is 1. The molecular weight excluding hydrogens is 610 g/mol. The van der Waals surface area contributed by atoms with Gasteiger partial charge in [0, 0.05) is 22.0 Å². The van der Waals surface area contributed by atoms with E-state index in [-0.39, 0.29) is 23.4 Å². The van der Waals surface area contributed by atoms with E-state index < -0.39 is 28.5 Å². The highest BCUT2D eigenvalue weighted by molar-refractivity contribution is 9.10. The fraction of sp³-hybridized carbons (Fsp3) is 0.333. The first kappa shape index (κ1) is 31.7. The highest BCUT2D eigenvalue weighted by Crippen LogP contribution is 2.26. The van der Waals surface area contributed by atoms with E-state index in [4.69, 9.17) is 0 Å². The quantitative estimate of drug-likeness (QED) is 0.244. The molecule has 10 heteroatoms. The van der Waals surface area contributed by atoms with Crippen LogP contribution in [0.15, 0.2) is 87.1 Å². The predicted octanol–water partition coefficient (Wildman–Crippen LogP) is 6.01. The van der Waals surface area contributed by atoms with Gasteiger partial charge in [0.1, 0.15) is 12.6 Å². The van der Waals surface area contributed by atoms with Crippen LogP contribution in [0.3, 0.4) is 0 Å². The molecule has 0 saturated carbocycles. The Morgan fingerprint density at radius 1 is 0.950 bits per heavy atom. The molecule has 0 fully saturated rings. The number of carbonyl (C=O) groups is 2. The molecule has 40 heavy (non-hydrogen) atoms. The van der Waals surface area contributed by atoms with Gasteiger partial charge in [0.2, 0.25) is 11.8 Å². The highest BCUT2D eigenvalue weighted by atomic mass is 79.9. The van der Waals surface area contributed by atoms with Crippen LogP contribution in [0.4, 0.5) is 5.69 Å². The van der Waals surface area contributed by atoms with Crippen molar-refractivity contribution in [3.8, 4) is 0 Å². The van der Waals surface area contributed by atoms with Crippen molar-refractivity contribution >= 4 is 55.2 Å². The summed E-state index contributed by atoms with van der Waals surface area (Å²) in [4.78, 5) is 29.6. The first-order valence-corrected chi connectivity index (χ1v) is 16.5. The monoisotopic (exact) mass is 645 g/mol. The molecular formula is C30H36BrN3O4S2. The summed E-state index contributed by atoms with van der Waals surface area (Å²) in [5.74, 6) is -0.781. The predicted molar refractivity (Wildman–Crippen MR) is 166 cm³/mol. The zero-order chi connectivity index (χ0) is 29.4. The molecule has 1 N–H and O–H groups in total. The van der Waals surface area contributed by atoms with Gasteiger partial charge in [-0.1, -0.05) is 52.7 Å². The number of halogens is 1. The van der Waals surface area contributed by atoms with Crippen LogP contribution in [-0.4, -0.2) is 50.0 Å². The maximum Gasteiger partial charge on any atom is 0.264 e. The van der Waals surface area contributed by atoms with Gasteiger partial charge in [0.15, 0.2) is 0 Å². The Morgan fingerprint density at radius 3 is 2.10 bits per heavy atom. The molecule has 2 unspecified atom stereocenters. The van der Waals surface area contributed by atoms with Crippen LogP contribution in [0.1, 0.15) is 38.3 Å². The lowest BCUT2D eigenvalue weighted by atomic mass is 10.1. The fourth-order valence-electron chi connectivity index (χ4n) is 3.95. The Bertz CT molecular complexity index is 1400. The van der Waals surface area contributed by atoms with Crippen LogP contribution in [0.2, 0.25) is 0 Å². The molecule has 3 aromatic rings. The maximum absolute atomic E-state index is 14.0. The molecule has 7 nitrogen and oxygen atoms in total. The molecule has 0 aromatic heterocycles. The standard InChI is InChI=1S/C30H36BrN3O4S2/c1-6-22(3)32-30(36)23(4)33(19-24-9-11-25(31)12-10-24)29(35)20-34(26-13-7-21(2)8-14-26)40(37,38)28-17-15-27(39-5)16-18-28/h7-18,22-23H,6,19-20H2,1-5H3,(H,32,36). The number of sulfonamides is 1. The van der Waals surface area contributed by atoms with Gasteiger partial charge < -0.3 is 10.2 Å². The summed E-state index contributed by atoms with van der Waals surface area (Å²) in [6.45, 7) is 7.13. The summed E-state index contributed by atoms with van der Waals surface area (Å²) in [6.07, 6.45) is 2.66. The van der Waals surface area contributed by atoms with Crippen molar-refractivity contribution in [2.24, 2.45) is 0 Å². The second-order valence-corrected chi connectivity index (χ2v) is 13.3. The Morgan fingerprint density at radius 2 is 1.55 bits per heavy atom. The van der Waals surface area contributed by atoms with Crippen LogP contribution in [-0.2, 0) is 26.2 Å². The molecule has 0 aliphatic rings. The summed E-state index contributed by atoms with van der Waals surface area (Å²) in [7, 11) is -4.10. The lowest BCUT2D eigenvalue weighted by molar-refractivity contribution is -0.139. The number of anilines is 1. The molecule has 214 valence electrons. The minimum absolute atomic E-state index is 0.0618. The summed E-state index contributed by atoms with van der Waals surface area (Å²) >= 11 is 4.94. The second kappa shape index (κ2) is 14.2. The van der Waals surface area contributed by atoms with Gasteiger partial charge in [-0.05, 0) is 87.5 Å². The number of nitrogens with one attached hydrogen (secondary N) is 1. The Balaban J connectivity index is 2.01. The molecule has 2 atom stereocenters. The van der Waals surface area contributed by atoms with E-state index in [0.29, 0.717) is 5.69 Å². The van der Waals surface area contributed by atoms with Gasteiger partial charge in [-0.25, -0.2) is 8.42 Å². The SMILES string of the molecule is CCC(C)NC(=O)C(C)N(Cc1ccc(Br)cc1)C(=O)CN(c1ccc(C)cc1)S(=O)(=O)c1ccc(SC)cc1. The van der Waals surface area contributed by atoms with Crippen LogP contribution in [0.25, 0.3) is 0 Å². The number of aryl methyl sites for hydroxylation is 1. The zero-order valence-corrected chi connectivity index (χ0v) is 26.6. The second-order valence-electron chi connectivity index (χ2n) is 9.66. The first-order chi connectivity index (χ1) is 19.0. The zero-order valence-electron chi connectivity index (χ0n) is 23.4. The van der Waals surface area contributed by atoms with E-state index in [1.165, 1.54) is 16.7 Å². The number of nitrogens with zero attached hydrogens (tertiary/aromatic N) is 2. The number of thioether (sulfide) groups is 1. The van der Waals surface area contributed by atoms with Gasteiger partial charge in [-0.2, -0.15) is 0 Å². The van der Waals surface area contributed by atoms with E-state index >= 15 is 0 Å². The van der Waals surface area contributed by atoms with Gasteiger partial charge in [0.25, 0.3) is 10.0 Å². The Kier molecular flexibility index (Phi) is 11.2. The lowest BCUT2D eigenvalue weighted by Crippen LogP contribution is -2.52. The molecule has 3 rings (SSSR count). The number of rotatable bonds is 12. The minimum atomic E-state index is -4.10. The normalized spacial score (nSPS) is 12.8. The number of hydrogen-bond acceptors (Lipinski definition) is 5. The van der Waals surface area contributed by atoms with E-state index in [1.54, 1.807) is 55.5 Å². The van der Waals surface area contributed by atoms with Crippen LogP contribution in [0.5, 0.6) is 0 Å². The maximum atomic E-state index is 14.0. The van der Waals surface area contributed by atoms with Crippen molar-refractivity contribution < 1.29 is 18.0 Å². The lowest BCUT2D eigenvalue weighted by Gasteiger charge is -2.32. The van der Waals surface area contributed by atoms with E-state index in [9.17, 15) is 18.0 Å². The van der Waals surface area contributed by atoms with Crippen LogP contribution >= 0.6 is 27.7 Å². The van der Waals surface area contributed by atoms with Crippen molar-refractivity contribution in [2.75, 3.05) is 17.1 Å². The van der Waals surface area contributed by atoms with Gasteiger partial charge in [-0.3, -0.25) is 13.9 Å². The number of carbonyl (C=O) groups excluding carboxylic acids is 2. The van der Waals surface area contributed by atoms with Crippen LogP contribution in [0, 0.1) is 6.92 Å².